The van der Waals surface area contributed by atoms with Crippen LogP contribution in [0.3, 0.4) is 0 Å². The lowest BCUT2D eigenvalue weighted by atomic mass is 10.0. The maximum absolute atomic E-state index is 6.20. The molecule has 0 radical (unpaired) electrons. The summed E-state index contributed by atoms with van der Waals surface area (Å²) in [5, 5.41) is 0.731. The van der Waals surface area contributed by atoms with E-state index in [0.29, 0.717) is 12.6 Å². The number of ether oxygens (including phenoxy) is 1. The van der Waals surface area contributed by atoms with Crippen molar-refractivity contribution in [2.75, 3.05) is 26.2 Å². The van der Waals surface area contributed by atoms with Crippen LogP contribution in [0.25, 0.3) is 0 Å². The van der Waals surface area contributed by atoms with Gasteiger partial charge in [-0.1, -0.05) is 24.6 Å². The molecule has 5 heteroatoms. The van der Waals surface area contributed by atoms with Gasteiger partial charge in [-0.05, 0) is 53.0 Å². The molecule has 112 valence electrons. The zero-order valence-electron chi connectivity index (χ0n) is 11.8. The average molecular weight is 362 g/mol. The first kappa shape index (κ1) is 16.2. The van der Waals surface area contributed by atoms with Crippen LogP contribution in [0.5, 0.6) is 0 Å². The van der Waals surface area contributed by atoms with E-state index < -0.39 is 0 Å². The van der Waals surface area contributed by atoms with Crippen LogP contribution in [0.2, 0.25) is 5.02 Å². The van der Waals surface area contributed by atoms with Crippen molar-refractivity contribution in [3.63, 3.8) is 0 Å². The van der Waals surface area contributed by atoms with Crippen molar-refractivity contribution in [1.82, 2.24) is 4.90 Å². The lowest BCUT2D eigenvalue weighted by molar-refractivity contribution is 0.0601. The number of hydrogen-bond acceptors (Lipinski definition) is 3. The smallest absolute Gasteiger partial charge is 0.0703 e. The van der Waals surface area contributed by atoms with Crippen molar-refractivity contribution >= 4 is 27.5 Å². The Kier molecular flexibility index (Phi) is 6.30. The van der Waals surface area contributed by atoms with Gasteiger partial charge in [0.05, 0.1) is 11.1 Å². The minimum Gasteiger partial charge on any atom is -0.377 e. The summed E-state index contributed by atoms with van der Waals surface area (Å²) >= 11 is 9.63. The highest BCUT2D eigenvalue weighted by Gasteiger charge is 2.24. The molecule has 0 aliphatic carbocycles. The van der Waals surface area contributed by atoms with E-state index in [2.05, 4.69) is 33.8 Å². The zero-order valence-corrected chi connectivity index (χ0v) is 14.2. The summed E-state index contributed by atoms with van der Waals surface area (Å²) in [7, 11) is 0. The first-order chi connectivity index (χ1) is 9.65. The van der Waals surface area contributed by atoms with Crippen molar-refractivity contribution < 1.29 is 4.74 Å². The number of hydrogen-bond donors (Lipinski definition) is 1. The van der Waals surface area contributed by atoms with E-state index in [-0.39, 0.29) is 6.04 Å². The van der Waals surface area contributed by atoms with Gasteiger partial charge < -0.3 is 10.5 Å². The van der Waals surface area contributed by atoms with E-state index in [1.165, 1.54) is 12.0 Å². The van der Waals surface area contributed by atoms with Crippen LogP contribution in [0, 0.1) is 0 Å². The molecule has 20 heavy (non-hydrogen) atoms. The first-order valence-electron chi connectivity index (χ1n) is 7.16. The minimum atomic E-state index is 0.190. The molecule has 1 saturated heterocycles. The van der Waals surface area contributed by atoms with Gasteiger partial charge in [0.1, 0.15) is 0 Å². The van der Waals surface area contributed by atoms with Gasteiger partial charge in [0, 0.05) is 30.2 Å². The highest BCUT2D eigenvalue weighted by molar-refractivity contribution is 9.10. The first-order valence-corrected chi connectivity index (χ1v) is 8.33. The predicted molar refractivity (Wildman–Crippen MR) is 87.2 cm³/mol. The number of benzene rings is 1. The molecule has 2 unspecified atom stereocenters. The lowest BCUT2D eigenvalue weighted by Gasteiger charge is -2.32. The van der Waals surface area contributed by atoms with E-state index in [1.807, 2.05) is 12.1 Å². The van der Waals surface area contributed by atoms with E-state index in [1.54, 1.807) is 0 Å². The normalized spacial score (nSPS) is 20.6. The summed E-state index contributed by atoms with van der Waals surface area (Å²) in [6.45, 7) is 5.53. The summed E-state index contributed by atoms with van der Waals surface area (Å²) in [6, 6.07) is 6.27. The molecule has 1 aliphatic heterocycles. The Morgan fingerprint density at radius 3 is 2.90 bits per heavy atom. The van der Waals surface area contributed by atoms with Gasteiger partial charge in [-0.2, -0.15) is 0 Å². The molecule has 0 bridgehead atoms. The van der Waals surface area contributed by atoms with Crippen molar-refractivity contribution in [1.29, 1.82) is 0 Å². The Hall–Kier alpha value is -0.130. The van der Waals surface area contributed by atoms with Gasteiger partial charge in [0.2, 0.25) is 0 Å². The molecule has 0 aromatic heterocycles. The average Bonchev–Trinajstić information content (AvgIpc) is 2.95. The highest BCUT2D eigenvalue weighted by Crippen LogP contribution is 2.29. The quantitative estimate of drug-likeness (QED) is 0.841. The van der Waals surface area contributed by atoms with Crippen molar-refractivity contribution in [2.45, 2.75) is 31.9 Å². The van der Waals surface area contributed by atoms with Crippen LogP contribution in [0.15, 0.2) is 22.7 Å². The molecule has 1 fully saturated rings. The molecule has 1 aromatic rings. The monoisotopic (exact) mass is 360 g/mol. The highest BCUT2D eigenvalue weighted by atomic mass is 79.9. The van der Waals surface area contributed by atoms with E-state index in [4.69, 9.17) is 22.1 Å². The van der Waals surface area contributed by atoms with Crippen LogP contribution in [-0.2, 0) is 4.74 Å². The summed E-state index contributed by atoms with van der Waals surface area (Å²) < 4.78 is 6.66. The molecule has 0 amide bonds. The number of rotatable bonds is 6. The summed E-state index contributed by atoms with van der Waals surface area (Å²) in [6.07, 6.45) is 2.66. The van der Waals surface area contributed by atoms with Gasteiger partial charge in [0.15, 0.2) is 0 Å². The molecule has 0 saturated carbocycles. The standard InChI is InChI=1S/C15H22BrClN2O/c1-2-19(10-12-4-3-7-20-12)15(9-18)11-5-6-13(16)14(17)8-11/h5-6,8,12,15H,2-4,7,9-10,18H2,1H3. The molecular formula is C15H22BrClN2O. The van der Waals surface area contributed by atoms with Gasteiger partial charge in [-0.3, -0.25) is 4.90 Å². The Balaban J connectivity index is 2.12. The third-order valence-electron chi connectivity index (χ3n) is 3.86. The molecule has 0 spiro atoms. The van der Waals surface area contributed by atoms with Crippen LogP contribution in [-0.4, -0.2) is 37.2 Å². The fourth-order valence-electron chi connectivity index (χ4n) is 2.74. The summed E-state index contributed by atoms with van der Waals surface area (Å²) in [5.74, 6) is 0. The number of halogens is 2. The van der Waals surface area contributed by atoms with E-state index >= 15 is 0 Å². The second-order valence-corrected chi connectivity index (χ2v) is 6.41. The molecule has 1 heterocycles. The largest absolute Gasteiger partial charge is 0.377 e. The SMILES string of the molecule is CCN(CC1CCCO1)C(CN)c1ccc(Br)c(Cl)c1. The molecule has 2 atom stereocenters. The Morgan fingerprint density at radius 2 is 2.35 bits per heavy atom. The molecular weight excluding hydrogens is 340 g/mol. The van der Waals surface area contributed by atoms with E-state index in [0.717, 1.165) is 35.6 Å². The zero-order chi connectivity index (χ0) is 14.5. The lowest BCUT2D eigenvalue weighted by Crippen LogP contribution is -2.38. The minimum absolute atomic E-state index is 0.190. The second kappa shape index (κ2) is 7.76. The van der Waals surface area contributed by atoms with Gasteiger partial charge in [-0.15, -0.1) is 0 Å². The molecule has 3 nitrogen and oxygen atoms in total. The van der Waals surface area contributed by atoms with Crippen LogP contribution >= 0.6 is 27.5 Å². The molecule has 2 N–H and O–H groups in total. The Labute approximate surface area is 134 Å². The molecule has 1 aliphatic rings. The van der Waals surface area contributed by atoms with Gasteiger partial charge in [0.25, 0.3) is 0 Å². The second-order valence-electron chi connectivity index (χ2n) is 5.15. The van der Waals surface area contributed by atoms with Crippen molar-refractivity contribution in [3.05, 3.63) is 33.3 Å². The summed E-state index contributed by atoms with van der Waals surface area (Å²) in [4.78, 5) is 2.38. The fraction of sp³-hybridized carbons (Fsp3) is 0.600. The van der Waals surface area contributed by atoms with Crippen molar-refractivity contribution in [3.8, 4) is 0 Å². The predicted octanol–water partition coefficient (Wildman–Crippen LogP) is 3.60. The maximum atomic E-state index is 6.20. The molecule has 1 aromatic carbocycles. The van der Waals surface area contributed by atoms with Crippen molar-refractivity contribution in [2.24, 2.45) is 5.73 Å². The Bertz CT molecular complexity index is 438. The van der Waals surface area contributed by atoms with Gasteiger partial charge >= 0.3 is 0 Å². The van der Waals surface area contributed by atoms with Gasteiger partial charge in [-0.25, -0.2) is 0 Å². The van der Waals surface area contributed by atoms with Crippen LogP contribution < -0.4 is 5.73 Å². The molecule has 2 rings (SSSR count). The summed E-state index contributed by atoms with van der Waals surface area (Å²) in [5.41, 5.74) is 7.17. The number of likely N-dealkylation sites (N-methyl/N-ethyl adjacent to an activating group) is 1. The topological polar surface area (TPSA) is 38.5 Å². The number of nitrogens with two attached hydrogens (primary N) is 1. The van der Waals surface area contributed by atoms with E-state index in [9.17, 15) is 0 Å². The number of nitrogens with zero attached hydrogens (tertiary/aromatic N) is 1. The van der Waals surface area contributed by atoms with Crippen LogP contribution in [0.4, 0.5) is 0 Å². The fourth-order valence-corrected chi connectivity index (χ4v) is 3.18. The van der Waals surface area contributed by atoms with Crippen LogP contribution in [0.1, 0.15) is 31.4 Å². The third-order valence-corrected chi connectivity index (χ3v) is 5.09. The Morgan fingerprint density at radius 1 is 1.55 bits per heavy atom. The maximum Gasteiger partial charge on any atom is 0.0703 e. The third kappa shape index (κ3) is 3.95.